The molecule has 3 aromatic rings. The van der Waals surface area contributed by atoms with Crippen molar-refractivity contribution in [2.24, 2.45) is 0 Å². The van der Waals surface area contributed by atoms with E-state index < -0.39 is 11.8 Å². The van der Waals surface area contributed by atoms with E-state index in [0.29, 0.717) is 40.6 Å². The van der Waals surface area contributed by atoms with E-state index in [1.807, 2.05) is 23.1 Å². The molecule has 0 aliphatic carbocycles. The number of imide groups is 1. The predicted molar refractivity (Wildman–Crippen MR) is 146 cm³/mol. The van der Waals surface area contributed by atoms with Gasteiger partial charge in [-0.05, 0) is 55.0 Å². The first-order chi connectivity index (χ1) is 17.8. The Kier molecular flexibility index (Phi) is 6.91. The number of carbonyl (C=O) groups excluding carboxylic acids is 3. The molecule has 0 spiro atoms. The van der Waals surface area contributed by atoms with Gasteiger partial charge in [0, 0.05) is 48.1 Å². The second kappa shape index (κ2) is 10.3. The van der Waals surface area contributed by atoms with E-state index in [1.165, 1.54) is 0 Å². The molecule has 2 aliphatic heterocycles. The van der Waals surface area contributed by atoms with Gasteiger partial charge in [-0.3, -0.25) is 14.4 Å². The minimum absolute atomic E-state index is 0.0490. The molecule has 7 nitrogen and oxygen atoms in total. The topological polar surface area (TPSA) is 73.0 Å². The summed E-state index contributed by atoms with van der Waals surface area (Å²) in [6.45, 7) is 4.46. The van der Waals surface area contributed by atoms with Crippen molar-refractivity contribution >= 4 is 58.0 Å². The van der Waals surface area contributed by atoms with Gasteiger partial charge in [-0.25, -0.2) is 4.90 Å². The average Bonchev–Trinajstić information content (AvgIpc) is 3.13. The Balaban J connectivity index is 1.29. The highest BCUT2D eigenvalue weighted by Crippen LogP contribution is 2.33. The lowest BCUT2D eigenvalue weighted by Crippen LogP contribution is -2.48. The Labute approximate surface area is 224 Å². The quantitative estimate of drug-likeness (QED) is 0.464. The van der Waals surface area contributed by atoms with Crippen LogP contribution in [0, 0.1) is 6.92 Å². The lowest BCUT2D eigenvalue weighted by molar-refractivity contribution is -0.120. The molecule has 0 atom stereocenters. The van der Waals surface area contributed by atoms with Crippen molar-refractivity contribution in [3.8, 4) is 0 Å². The van der Waals surface area contributed by atoms with Crippen molar-refractivity contribution in [3.05, 3.63) is 99.7 Å². The molecule has 9 heteroatoms. The molecule has 3 aromatic carbocycles. The number of para-hydroxylation sites is 1. The number of hydrogen-bond donors (Lipinski definition) is 1. The molecular formula is C28H24Cl2N4O3. The average molecular weight is 535 g/mol. The summed E-state index contributed by atoms with van der Waals surface area (Å²) >= 11 is 12.4. The smallest absolute Gasteiger partial charge is 0.283 e. The zero-order chi connectivity index (χ0) is 26.1. The largest absolute Gasteiger partial charge is 0.368 e. The van der Waals surface area contributed by atoms with Crippen molar-refractivity contribution < 1.29 is 14.4 Å². The molecule has 0 aromatic heterocycles. The number of carbonyl (C=O) groups is 3. The van der Waals surface area contributed by atoms with E-state index >= 15 is 0 Å². The highest BCUT2D eigenvalue weighted by Gasteiger charge is 2.39. The van der Waals surface area contributed by atoms with Gasteiger partial charge in [-0.15, -0.1) is 0 Å². The van der Waals surface area contributed by atoms with Crippen LogP contribution < -0.4 is 15.1 Å². The third-order valence-electron chi connectivity index (χ3n) is 6.51. The summed E-state index contributed by atoms with van der Waals surface area (Å²) < 4.78 is 0. The van der Waals surface area contributed by atoms with Gasteiger partial charge in [-0.2, -0.15) is 0 Å². The fraction of sp³-hybridized carbons (Fsp3) is 0.179. The van der Waals surface area contributed by atoms with Crippen molar-refractivity contribution in [2.75, 3.05) is 41.3 Å². The van der Waals surface area contributed by atoms with Gasteiger partial charge in [-0.1, -0.05) is 53.5 Å². The van der Waals surface area contributed by atoms with Gasteiger partial charge in [0.15, 0.2) is 0 Å². The van der Waals surface area contributed by atoms with Crippen LogP contribution in [-0.4, -0.2) is 48.8 Å². The van der Waals surface area contributed by atoms with E-state index in [9.17, 15) is 14.4 Å². The van der Waals surface area contributed by atoms with Gasteiger partial charge in [0.25, 0.3) is 17.7 Å². The number of amides is 3. The van der Waals surface area contributed by atoms with Crippen LogP contribution in [0.5, 0.6) is 0 Å². The highest BCUT2D eigenvalue weighted by atomic mass is 35.5. The lowest BCUT2D eigenvalue weighted by Gasteiger charge is -2.36. The van der Waals surface area contributed by atoms with Gasteiger partial charge in [0.2, 0.25) is 0 Å². The Morgan fingerprint density at radius 3 is 2.30 bits per heavy atom. The molecule has 0 unspecified atom stereocenters. The molecule has 1 saturated heterocycles. The molecule has 0 radical (unpaired) electrons. The van der Waals surface area contributed by atoms with E-state index in [1.54, 1.807) is 49.4 Å². The molecule has 1 N–H and O–H groups in total. The zero-order valence-electron chi connectivity index (χ0n) is 20.1. The Bertz CT molecular complexity index is 1420. The minimum atomic E-state index is -0.636. The predicted octanol–water partition coefficient (Wildman–Crippen LogP) is 5.05. The van der Waals surface area contributed by atoms with Crippen molar-refractivity contribution in [1.29, 1.82) is 0 Å². The summed E-state index contributed by atoms with van der Waals surface area (Å²) in [4.78, 5) is 44.3. The number of nitrogens with zero attached hydrogens (tertiary/aromatic N) is 3. The standard InChI is InChI=1S/C28H24Cl2N4O3/c1-18-10-11-20(29)17-23(18)34-27(36)24(30)25(28(34)37)31-21-7-5-6-19(16-21)26(35)33-14-12-32(13-15-33)22-8-3-2-4-9-22/h2-11,16-17,31H,12-15H2,1H3. The number of piperazine rings is 1. The van der Waals surface area contributed by atoms with Crippen LogP contribution in [0.3, 0.4) is 0 Å². The number of halogens is 2. The van der Waals surface area contributed by atoms with E-state index in [0.717, 1.165) is 23.7 Å². The molecule has 0 bridgehead atoms. The van der Waals surface area contributed by atoms with Gasteiger partial charge >= 0.3 is 0 Å². The van der Waals surface area contributed by atoms with E-state index in [2.05, 4.69) is 22.3 Å². The van der Waals surface area contributed by atoms with E-state index in [4.69, 9.17) is 23.2 Å². The van der Waals surface area contributed by atoms with Crippen molar-refractivity contribution in [2.45, 2.75) is 6.92 Å². The molecule has 0 saturated carbocycles. The number of rotatable bonds is 5. The molecule has 2 aliphatic rings. The Morgan fingerprint density at radius 2 is 1.57 bits per heavy atom. The second-order valence-electron chi connectivity index (χ2n) is 8.89. The highest BCUT2D eigenvalue weighted by molar-refractivity contribution is 6.53. The number of benzene rings is 3. The molecule has 2 heterocycles. The first-order valence-corrected chi connectivity index (χ1v) is 12.6. The molecular weight excluding hydrogens is 511 g/mol. The van der Waals surface area contributed by atoms with Crippen molar-refractivity contribution in [1.82, 2.24) is 4.90 Å². The first-order valence-electron chi connectivity index (χ1n) is 11.8. The normalized spacial score (nSPS) is 16.0. The summed E-state index contributed by atoms with van der Waals surface area (Å²) in [5.41, 5.74) is 3.13. The van der Waals surface area contributed by atoms with Crippen LogP contribution in [0.4, 0.5) is 17.1 Å². The maximum atomic E-state index is 13.2. The van der Waals surface area contributed by atoms with Crippen molar-refractivity contribution in [3.63, 3.8) is 0 Å². The molecule has 3 amide bonds. The first kappa shape index (κ1) is 24.9. The lowest BCUT2D eigenvalue weighted by atomic mass is 10.1. The maximum Gasteiger partial charge on any atom is 0.283 e. The maximum absolute atomic E-state index is 13.2. The van der Waals surface area contributed by atoms with Gasteiger partial charge < -0.3 is 15.1 Å². The fourth-order valence-corrected chi connectivity index (χ4v) is 4.90. The monoisotopic (exact) mass is 534 g/mol. The molecule has 1 fully saturated rings. The summed E-state index contributed by atoms with van der Waals surface area (Å²) in [6, 6.07) is 21.9. The molecule has 188 valence electrons. The summed E-state index contributed by atoms with van der Waals surface area (Å²) in [5.74, 6) is -1.32. The van der Waals surface area contributed by atoms with Gasteiger partial charge in [0.1, 0.15) is 10.7 Å². The second-order valence-corrected chi connectivity index (χ2v) is 9.70. The van der Waals surface area contributed by atoms with Crippen LogP contribution >= 0.6 is 23.2 Å². The number of anilines is 3. The number of hydrogen-bond acceptors (Lipinski definition) is 5. The molecule has 37 heavy (non-hydrogen) atoms. The number of nitrogens with one attached hydrogen (secondary N) is 1. The Morgan fingerprint density at radius 1 is 0.838 bits per heavy atom. The zero-order valence-corrected chi connectivity index (χ0v) is 21.6. The van der Waals surface area contributed by atoms with Crippen LogP contribution in [-0.2, 0) is 9.59 Å². The van der Waals surface area contributed by atoms with Crippen LogP contribution in [0.2, 0.25) is 5.02 Å². The SMILES string of the molecule is Cc1ccc(Cl)cc1N1C(=O)C(Cl)=C(Nc2cccc(C(=O)N3CCN(c4ccccc4)CC3)c2)C1=O. The third-order valence-corrected chi connectivity index (χ3v) is 7.09. The third kappa shape index (κ3) is 4.92. The molecule has 5 rings (SSSR count). The van der Waals surface area contributed by atoms with E-state index in [-0.39, 0.29) is 16.6 Å². The number of aryl methyl sites for hydroxylation is 1. The van der Waals surface area contributed by atoms with Crippen LogP contribution in [0.25, 0.3) is 0 Å². The van der Waals surface area contributed by atoms with Crippen LogP contribution in [0.15, 0.2) is 83.5 Å². The summed E-state index contributed by atoms with van der Waals surface area (Å²) in [7, 11) is 0. The minimum Gasteiger partial charge on any atom is -0.368 e. The fourth-order valence-electron chi connectivity index (χ4n) is 4.52. The Hall–Kier alpha value is -3.81. The summed E-state index contributed by atoms with van der Waals surface area (Å²) in [6.07, 6.45) is 0. The van der Waals surface area contributed by atoms with Crippen LogP contribution in [0.1, 0.15) is 15.9 Å². The van der Waals surface area contributed by atoms with Gasteiger partial charge in [0.05, 0.1) is 5.69 Å². The summed E-state index contributed by atoms with van der Waals surface area (Å²) in [5, 5.41) is 3.13.